The van der Waals surface area contributed by atoms with E-state index in [1.807, 2.05) is 36.4 Å². The molecule has 108 valence electrons. The Bertz CT molecular complexity index is 842. The zero-order valence-electron chi connectivity index (χ0n) is 11.6. The molecule has 0 saturated heterocycles. The lowest BCUT2D eigenvalue weighted by Gasteiger charge is -2.01. The largest absolute Gasteiger partial charge is 0.478 e. The van der Waals surface area contributed by atoms with Gasteiger partial charge in [-0.1, -0.05) is 24.3 Å². The van der Waals surface area contributed by atoms with Crippen molar-refractivity contribution in [1.82, 2.24) is 4.98 Å². The smallest absolute Gasteiger partial charge is 0.335 e. The number of pyridine rings is 1. The second-order valence-corrected chi connectivity index (χ2v) is 4.68. The topological polar surface area (TPSA) is 74.6 Å². The van der Waals surface area contributed by atoms with Crippen molar-refractivity contribution in [1.29, 1.82) is 0 Å². The number of hydrogen-bond acceptors (Lipinski definition) is 4. The number of aromatic nitrogens is 1. The van der Waals surface area contributed by atoms with Crippen LogP contribution in [0.2, 0.25) is 0 Å². The molecule has 0 radical (unpaired) electrons. The Morgan fingerprint density at radius 3 is 2.59 bits per heavy atom. The number of benzene rings is 2. The van der Waals surface area contributed by atoms with Gasteiger partial charge in [0.05, 0.1) is 28.7 Å². The number of hydrogen-bond donors (Lipinski definition) is 2. The highest BCUT2D eigenvalue weighted by Crippen LogP contribution is 2.11. The van der Waals surface area contributed by atoms with E-state index in [-0.39, 0.29) is 5.56 Å². The summed E-state index contributed by atoms with van der Waals surface area (Å²) >= 11 is 0. The molecule has 5 nitrogen and oxygen atoms in total. The van der Waals surface area contributed by atoms with E-state index >= 15 is 0 Å². The summed E-state index contributed by atoms with van der Waals surface area (Å²) in [5.74, 6) is -0.949. The molecule has 1 aromatic heterocycles. The van der Waals surface area contributed by atoms with Crippen LogP contribution < -0.4 is 5.43 Å². The summed E-state index contributed by atoms with van der Waals surface area (Å²) in [4.78, 5) is 15.2. The lowest BCUT2D eigenvalue weighted by Crippen LogP contribution is -1.97. The molecular weight excluding hydrogens is 278 g/mol. The van der Waals surface area contributed by atoms with Crippen molar-refractivity contribution in [2.24, 2.45) is 5.10 Å². The van der Waals surface area contributed by atoms with E-state index in [1.54, 1.807) is 18.3 Å². The molecule has 0 aliphatic heterocycles. The highest BCUT2D eigenvalue weighted by atomic mass is 16.4. The number of carboxylic acid groups (broad SMARTS) is 1. The second-order valence-electron chi connectivity index (χ2n) is 4.68. The highest BCUT2D eigenvalue weighted by Gasteiger charge is 2.00. The van der Waals surface area contributed by atoms with Crippen molar-refractivity contribution in [2.75, 3.05) is 5.43 Å². The van der Waals surface area contributed by atoms with E-state index in [1.165, 1.54) is 12.1 Å². The number of nitrogens with zero attached hydrogens (tertiary/aromatic N) is 2. The minimum Gasteiger partial charge on any atom is -0.478 e. The van der Waals surface area contributed by atoms with E-state index in [0.717, 1.165) is 16.6 Å². The Morgan fingerprint density at radius 2 is 1.82 bits per heavy atom. The summed E-state index contributed by atoms with van der Waals surface area (Å²) in [6, 6.07) is 18.1. The summed E-state index contributed by atoms with van der Waals surface area (Å²) in [5, 5.41) is 14.0. The molecule has 5 heteroatoms. The molecule has 0 spiro atoms. The Kier molecular flexibility index (Phi) is 3.78. The van der Waals surface area contributed by atoms with Gasteiger partial charge in [-0.15, -0.1) is 0 Å². The third-order valence-corrected chi connectivity index (χ3v) is 3.14. The van der Waals surface area contributed by atoms with Crippen LogP contribution in [0.1, 0.15) is 16.1 Å². The maximum absolute atomic E-state index is 10.8. The van der Waals surface area contributed by atoms with E-state index in [9.17, 15) is 4.79 Å². The van der Waals surface area contributed by atoms with Gasteiger partial charge in [-0.25, -0.2) is 9.78 Å². The molecule has 3 rings (SSSR count). The summed E-state index contributed by atoms with van der Waals surface area (Å²) < 4.78 is 0. The SMILES string of the molecule is O=C(O)c1ccc(NN=Cc2ccc3ccccc3n2)cc1. The third-order valence-electron chi connectivity index (χ3n) is 3.14. The van der Waals surface area contributed by atoms with E-state index in [0.29, 0.717) is 5.69 Å². The Balaban J connectivity index is 1.71. The van der Waals surface area contributed by atoms with Crippen molar-refractivity contribution < 1.29 is 9.90 Å². The van der Waals surface area contributed by atoms with Gasteiger partial charge >= 0.3 is 5.97 Å². The van der Waals surface area contributed by atoms with Gasteiger partial charge in [0.2, 0.25) is 0 Å². The van der Waals surface area contributed by atoms with Gasteiger partial charge in [-0.05, 0) is 36.4 Å². The lowest BCUT2D eigenvalue weighted by molar-refractivity contribution is 0.0697. The molecule has 0 aliphatic rings. The first-order chi connectivity index (χ1) is 10.7. The van der Waals surface area contributed by atoms with Crippen LogP contribution in [0.15, 0.2) is 65.8 Å². The molecule has 0 aliphatic carbocycles. The number of para-hydroxylation sites is 1. The van der Waals surface area contributed by atoms with Crippen molar-refractivity contribution in [3.63, 3.8) is 0 Å². The van der Waals surface area contributed by atoms with Crippen molar-refractivity contribution in [3.8, 4) is 0 Å². The Hall–Kier alpha value is -3.21. The molecule has 0 fully saturated rings. The standard InChI is InChI=1S/C17H13N3O2/c21-17(22)13-6-8-14(9-7-13)20-18-11-15-10-5-12-3-1-2-4-16(12)19-15/h1-11,20H,(H,21,22). The number of fused-ring (bicyclic) bond motifs is 1. The predicted molar refractivity (Wildman–Crippen MR) is 86.4 cm³/mol. The molecule has 2 N–H and O–H groups in total. The molecule has 0 bridgehead atoms. The Morgan fingerprint density at radius 1 is 1.05 bits per heavy atom. The number of aromatic carboxylic acids is 1. The fraction of sp³-hybridized carbons (Fsp3) is 0. The van der Waals surface area contributed by atoms with Gasteiger partial charge in [0.1, 0.15) is 0 Å². The first-order valence-corrected chi connectivity index (χ1v) is 6.70. The minimum atomic E-state index is -0.949. The molecule has 1 heterocycles. The molecule has 2 aromatic carbocycles. The molecule has 3 aromatic rings. The first kappa shape index (κ1) is 13.8. The number of rotatable bonds is 4. The number of carbonyl (C=O) groups is 1. The summed E-state index contributed by atoms with van der Waals surface area (Å²) in [5.41, 5.74) is 5.45. The lowest BCUT2D eigenvalue weighted by atomic mass is 10.2. The summed E-state index contributed by atoms with van der Waals surface area (Å²) in [6.45, 7) is 0. The fourth-order valence-electron chi connectivity index (χ4n) is 2.01. The van der Waals surface area contributed by atoms with Crippen molar-refractivity contribution in [3.05, 3.63) is 71.9 Å². The van der Waals surface area contributed by atoms with E-state index < -0.39 is 5.97 Å². The summed E-state index contributed by atoms with van der Waals surface area (Å²) in [6.07, 6.45) is 1.62. The van der Waals surface area contributed by atoms with Gasteiger partial charge in [-0.2, -0.15) is 5.10 Å². The average molecular weight is 291 g/mol. The normalized spacial score (nSPS) is 10.9. The second kappa shape index (κ2) is 6.05. The van der Waals surface area contributed by atoms with Gasteiger partial charge in [0, 0.05) is 5.39 Å². The maximum Gasteiger partial charge on any atom is 0.335 e. The zero-order valence-corrected chi connectivity index (χ0v) is 11.6. The molecular formula is C17H13N3O2. The minimum absolute atomic E-state index is 0.241. The van der Waals surface area contributed by atoms with E-state index in [4.69, 9.17) is 5.11 Å². The zero-order chi connectivity index (χ0) is 15.4. The quantitative estimate of drug-likeness (QED) is 0.571. The maximum atomic E-state index is 10.8. The van der Waals surface area contributed by atoms with E-state index in [2.05, 4.69) is 15.5 Å². The van der Waals surface area contributed by atoms with Crippen LogP contribution in [0.25, 0.3) is 10.9 Å². The molecule has 0 saturated carbocycles. The Labute approximate surface area is 126 Å². The van der Waals surface area contributed by atoms with Crippen LogP contribution >= 0.6 is 0 Å². The van der Waals surface area contributed by atoms with Gasteiger partial charge < -0.3 is 5.11 Å². The van der Waals surface area contributed by atoms with Crippen LogP contribution in [-0.4, -0.2) is 22.3 Å². The van der Waals surface area contributed by atoms with Crippen LogP contribution in [0.5, 0.6) is 0 Å². The summed E-state index contributed by atoms with van der Waals surface area (Å²) in [7, 11) is 0. The number of carboxylic acids is 1. The third kappa shape index (κ3) is 3.09. The molecule has 22 heavy (non-hydrogen) atoms. The highest BCUT2D eigenvalue weighted by molar-refractivity contribution is 5.88. The predicted octanol–water partition coefficient (Wildman–Crippen LogP) is 3.38. The van der Waals surface area contributed by atoms with Crippen LogP contribution in [-0.2, 0) is 0 Å². The fourth-order valence-corrected chi connectivity index (χ4v) is 2.01. The number of nitrogens with one attached hydrogen (secondary N) is 1. The van der Waals surface area contributed by atoms with Gasteiger partial charge in [0.25, 0.3) is 0 Å². The van der Waals surface area contributed by atoms with Crippen LogP contribution in [0, 0.1) is 0 Å². The van der Waals surface area contributed by atoms with Crippen molar-refractivity contribution >= 4 is 28.8 Å². The average Bonchev–Trinajstić information content (AvgIpc) is 2.55. The van der Waals surface area contributed by atoms with Gasteiger partial charge in [0.15, 0.2) is 0 Å². The molecule has 0 amide bonds. The molecule has 0 atom stereocenters. The number of anilines is 1. The monoisotopic (exact) mass is 291 g/mol. The van der Waals surface area contributed by atoms with Gasteiger partial charge in [-0.3, -0.25) is 5.43 Å². The van der Waals surface area contributed by atoms with Crippen LogP contribution in [0.4, 0.5) is 5.69 Å². The molecule has 0 unspecified atom stereocenters. The van der Waals surface area contributed by atoms with Crippen LogP contribution in [0.3, 0.4) is 0 Å². The van der Waals surface area contributed by atoms with Crippen molar-refractivity contribution in [2.45, 2.75) is 0 Å². The number of hydrazone groups is 1. The first-order valence-electron chi connectivity index (χ1n) is 6.70.